The van der Waals surface area contributed by atoms with Gasteiger partial charge in [0.25, 0.3) is 0 Å². The van der Waals surface area contributed by atoms with Crippen LogP contribution < -0.4 is 0 Å². The minimum Gasteiger partial charge on any atom is -0.340 e. The summed E-state index contributed by atoms with van der Waals surface area (Å²) in [5, 5.41) is 0. The number of carbonyl (C=O) groups excluding carboxylic acids is 1. The van der Waals surface area contributed by atoms with Crippen molar-refractivity contribution in [2.24, 2.45) is 11.8 Å². The summed E-state index contributed by atoms with van der Waals surface area (Å²) in [5.41, 5.74) is 2.65. The van der Waals surface area contributed by atoms with Gasteiger partial charge in [-0.3, -0.25) is 4.79 Å². The molecule has 1 saturated heterocycles. The van der Waals surface area contributed by atoms with Crippen LogP contribution in [0.2, 0.25) is 0 Å². The summed E-state index contributed by atoms with van der Waals surface area (Å²) < 4.78 is 27.6. The third-order valence-corrected chi connectivity index (χ3v) is 7.38. The Balaban J connectivity index is 1.75. The molecule has 0 N–H and O–H groups in total. The van der Waals surface area contributed by atoms with E-state index in [1.165, 1.54) is 4.31 Å². The van der Waals surface area contributed by atoms with Crippen molar-refractivity contribution in [3.8, 4) is 0 Å². The van der Waals surface area contributed by atoms with Gasteiger partial charge in [-0.2, -0.15) is 4.31 Å². The van der Waals surface area contributed by atoms with Crippen LogP contribution in [0.15, 0.2) is 17.0 Å². The van der Waals surface area contributed by atoms with Crippen LogP contribution in [-0.2, 0) is 14.8 Å². The molecule has 0 unspecified atom stereocenters. The fraction of sp³-hybridized carbons (Fsp3) is 0.611. The first-order valence-corrected chi connectivity index (χ1v) is 10.0. The summed E-state index contributed by atoms with van der Waals surface area (Å²) in [6, 6.07) is 3.82. The van der Waals surface area contributed by atoms with Crippen molar-refractivity contribution in [2.45, 2.75) is 39.0 Å². The van der Waals surface area contributed by atoms with Crippen molar-refractivity contribution >= 4 is 15.9 Å². The number of nitrogens with zero attached hydrogens (tertiary/aromatic N) is 2. The van der Waals surface area contributed by atoms with Gasteiger partial charge in [-0.05, 0) is 44.2 Å². The zero-order valence-electron chi connectivity index (χ0n) is 14.9. The van der Waals surface area contributed by atoms with E-state index < -0.39 is 10.0 Å². The van der Waals surface area contributed by atoms with E-state index in [0.29, 0.717) is 37.0 Å². The molecule has 132 valence electrons. The quantitative estimate of drug-likeness (QED) is 0.839. The minimum absolute atomic E-state index is 0.162. The van der Waals surface area contributed by atoms with Crippen molar-refractivity contribution < 1.29 is 13.2 Å². The lowest BCUT2D eigenvalue weighted by molar-refractivity contribution is -0.134. The lowest BCUT2D eigenvalue weighted by atomic mass is 10.1. The molecular formula is C18H26N2O3S. The number of amides is 1. The van der Waals surface area contributed by atoms with Crippen LogP contribution in [0.4, 0.5) is 0 Å². The van der Waals surface area contributed by atoms with Crippen LogP contribution in [-0.4, -0.2) is 49.7 Å². The molecule has 24 heavy (non-hydrogen) atoms. The van der Waals surface area contributed by atoms with Gasteiger partial charge in [0.1, 0.15) is 0 Å². The maximum absolute atomic E-state index is 13.0. The van der Waals surface area contributed by atoms with E-state index in [2.05, 4.69) is 6.92 Å². The summed E-state index contributed by atoms with van der Waals surface area (Å²) >= 11 is 0. The molecule has 1 heterocycles. The molecule has 0 radical (unpaired) electrons. The Morgan fingerprint density at radius 2 is 1.54 bits per heavy atom. The number of aryl methyl sites for hydroxylation is 3. The molecule has 3 rings (SSSR count). The topological polar surface area (TPSA) is 57.7 Å². The van der Waals surface area contributed by atoms with Crippen LogP contribution in [0.1, 0.15) is 30.0 Å². The predicted molar refractivity (Wildman–Crippen MR) is 93.3 cm³/mol. The summed E-state index contributed by atoms with van der Waals surface area (Å²) in [6.07, 6.45) is 0.971. The number of rotatable bonds is 3. The number of benzene rings is 1. The number of sulfonamides is 1. The van der Waals surface area contributed by atoms with Crippen LogP contribution in [0.3, 0.4) is 0 Å². The van der Waals surface area contributed by atoms with Crippen LogP contribution in [0.25, 0.3) is 0 Å². The van der Waals surface area contributed by atoms with Crippen molar-refractivity contribution in [3.05, 3.63) is 28.8 Å². The van der Waals surface area contributed by atoms with E-state index in [1.807, 2.05) is 37.8 Å². The van der Waals surface area contributed by atoms with Crippen molar-refractivity contribution in [2.75, 3.05) is 26.2 Å². The zero-order chi connectivity index (χ0) is 17.6. The molecule has 2 aliphatic rings. The largest absolute Gasteiger partial charge is 0.340 e. The maximum Gasteiger partial charge on any atom is 0.243 e. The second-order valence-electron chi connectivity index (χ2n) is 7.28. The molecule has 1 aromatic rings. The molecule has 1 aliphatic carbocycles. The van der Waals surface area contributed by atoms with Crippen molar-refractivity contribution in [3.63, 3.8) is 0 Å². The first-order valence-electron chi connectivity index (χ1n) is 8.58. The van der Waals surface area contributed by atoms with Crippen molar-refractivity contribution in [1.29, 1.82) is 0 Å². The van der Waals surface area contributed by atoms with E-state index in [-0.39, 0.29) is 11.8 Å². The van der Waals surface area contributed by atoms with Gasteiger partial charge in [-0.15, -0.1) is 0 Å². The van der Waals surface area contributed by atoms with Crippen LogP contribution in [0, 0.1) is 32.6 Å². The molecule has 0 bridgehead atoms. The monoisotopic (exact) mass is 350 g/mol. The zero-order valence-corrected chi connectivity index (χ0v) is 15.7. The molecule has 1 saturated carbocycles. The van der Waals surface area contributed by atoms with Crippen LogP contribution in [0.5, 0.6) is 0 Å². The number of carbonyl (C=O) groups is 1. The number of piperazine rings is 1. The Morgan fingerprint density at radius 1 is 1.04 bits per heavy atom. The van der Waals surface area contributed by atoms with Gasteiger partial charge in [0, 0.05) is 32.1 Å². The molecule has 6 heteroatoms. The number of hydrogen-bond donors (Lipinski definition) is 0. The smallest absolute Gasteiger partial charge is 0.243 e. The Morgan fingerprint density at radius 3 is 2.00 bits per heavy atom. The van der Waals surface area contributed by atoms with Crippen LogP contribution >= 0.6 is 0 Å². The molecule has 2 fully saturated rings. The van der Waals surface area contributed by atoms with Gasteiger partial charge >= 0.3 is 0 Å². The van der Waals surface area contributed by atoms with Gasteiger partial charge in [0.15, 0.2) is 0 Å². The van der Waals surface area contributed by atoms with E-state index in [0.717, 1.165) is 23.1 Å². The fourth-order valence-electron chi connectivity index (χ4n) is 3.75. The van der Waals surface area contributed by atoms with Gasteiger partial charge in [-0.25, -0.2) is 8.42 Å². The lowest BCUT2D eigenvalue weighted by Gasteiger charge is -2.34. The molecular weight excluding hydrogens is 324 g/mol. The summed E-state index contributed by atoms with van der Waals surface area (Å²) in [4.78, 5) is 14.5. The Kier molecular flexibility index (Phi) is 4.47. The highest BCUT2D eigenvalue weighted by Gasteiger charge is 2.42. The molecule has 1 amide bonds. The molecule has 1 aliphatic heterocycles. The van der Waals surface area contributed by atoms with Gasteiger partial charge in [-0.1, -0.05) is 24.6 Å². The second kappa shape index (κ2) is 6.15. The molecule has 0 aromatic heterocycles. The summed E-state index contributed by atoms with van der Waals surface area (Å²) in [6.45, 7) is 9.49. The molecule has 1 aromatic carbocycles. The first kappa shape index (κ1) is 17.4. The standard InChI is InChI=1S/C18H26N2O3S/c1-12-9-14(3)17(15(4)10-12)24(22,23)20-7-5-19(6-8-20)18(21)16-11-13(16)2/h9-10,13,16H,5-8,11H2,1-4H3/t13-,16-/m0/s1. The molecule has 2 atom stereocenters. The van der Waals surface area contributed by atoms with E-state index in [4.69, 9.17) is 0 Å². The average Bonchev–Trinajstić information content (AvgIpc) is 3.22. The van der Waals surface area contributed by atoms with E-state index in [9.17, 15) is 13.2 Å². The highest BCUT2D eigenvalue weighted by Crippen LogP contribution is 2.39. The third-order valence-electron chi connectivity index (χ3n) is 5.18. The average molecular weight is 350 g/mol. The summed E-state index contributed by atoms with van der Waals surface area (Å²) in [7, 11) is -3.51. The normalized spacial score (nSPS) is 24.9. The first-order chi connectivity index (χ1) is 11.2. The maximum atomic E-state index is 13.0. The SMILES string of the molecule is Cc1cc(C)c(S(=O)(=O)N2CCN(C(=O)[C@H]3C[C@@H]3C)CC2)c(C)c1. The van der Waals surface area contributed by atoms with Gasteiger partial charge < -0.3 is 4.90 Å². The van der Waals surface area contributed by atoms with Gasteiger partial charge in [0.2, 0.25) is 15.9 Å². The molecule has 5 nitrogen and oxygen atoms in total. The minimum atomic E-state index is -3.51. The second-order valence-corrected chi connectivity index (χ2v) is 9.15. The fourth-order valence-corrected chi connectivity index (χ4v) is 5.59. The van der Waals surface area contributed by atoms with E-state index in [1.54, 1.807) is 0 Å². The third kappa shape index (κ3) is 3.09. The Bertz CT molecular complexity index is 741. The highest BCUT2D eigenvalue weighted by atomic mass is 32.2. The number of hydrogen-bond acceptors (Lipinski definition) is 3. The van der Waals surface area contributed by atoms with E-state index >= 15 is 0 Å². The molecule has 0 spiro atoms. The Labute approximate surface area is 144 Å². The Hall–Kier alpha value is -1.40. The van der Waals surface area contributed by atoms with Crippen molar-refractivity contribution in [1.82, 2.24) is 9.21 Å². The van der Waals surface area contributed by atoms with Gasteiger partial charge in [0.05, 0.1) is 4.90 Å². The lowest BCUT2D eigenvalue weighted by Crippen LogP contribution is -2.51. The summed E-state index contributed by atoms with van der Waals surface area (Å²) in [5.74, 6) is 0.842. The predicted octanol–water partition coefficient (Wildman–Crippen LogP) is 2.10. The highest BCUT2D eigenvalue weighted by molar-refractivity contribution is 7.89.